The molecular weight excluding hydrogens is 372 g/mol. The number of hydrogen-bond donors (Lipinski definition) is 1. The van der Waals surface area contributed by atoms with Gasteiger partial charge in [-0.3, -0.25) is 4.79 Å². The predicted octanol–water partition coefficient (Wildman–Crippen LogP) is 5.12. The van der Waals surface area contributed by atoms with Gasteiger partial charge in [0, 0.05) is 28.2 Å². The van der Waals surface area contributed by atoms with Crippen molar-refractivity contribution in [2.45, 2.75) is 41.0 Å². The van der Waals surface area contributed by atoms with E-state index in [1.165, 1.54) is 5.56 Å². The summed E-state index contributed by atoms with van der Waals surface area (Å²) >= 11 is 0. The summed E-state index contributed by atoms with van der Waals surface area (Å²) in [6.07, 6.45) is 0.257. The van der Waals surface area contributed by atoms with Crippen molar-refractivity contribution in [3.8, 4) is 11.1 Å². The van der Waals surface area contributed by atoms with E-state index in [1.54, 1.807) is 0 Å². The van der Waals surface area contributed by atoms with Crippen molar-refractivity contribution in [3.63, 3.8) is 0 Å². The molecule has 2 heterocycles. The minimum atomic E-state index is -0.0542. The molecule has 4 aromatic rings. The molecule has 5 nitrogen and oxygen atoms in total. The van der Waals surface area contributed by atoms with E-state index in [9.17, 15) is 4.79 Å². The summed E-state index contributed by atoms with van der Waals surface area (Å²) in [5, 5.41) is 7.76. The Hall–Kier alpha value is -3.47. The van der Waals surface area contributed by atoms with Gasteiger partial charge in [0.15, 0.2) is 5.65 Å². The summed E-state index contributed by atoms with van der Waals surface area (Å²) in [7, 11) is 0. The first-order valence-corrected chi connectivity index (χ1v) is 10.1. The summed E-state index contributed by atoms with van der Waals surface area (Å²) in [6.45, 7) is 10.0. The molecule has 1 N–H and O–H groups in total. The number of aromatic nitrogens is 3. The van der Waals surface area contributed by atoms with Crippen molar-refractivity contribution in [3.05, 3.63) is 82.3 Å². The van der Waals surface area contributed by atoms with E-state index in [2.05, 4.69) is 23.5 Å². The topological polar surface area (TPSA) is 59.3 Å². The Balaban J connectivity index is 1.69. The summed E-state index contributed by atoms with van der Waals surface area (Å²) in [6, 6.07) is 16.2. The third-order valence-electron chi connectivity index (χ3n) is 5.56. The number of carbonyl (C=O) groups is 1. The van der Waals surface area contributed by atoms with Gasteiger partial charge in [-0.1, -0.05) is 48.0 Å². The van der Waals surface area contributed by atoms with E-state index >= 15 is 0 Å². The predicted molar refractivity (Wildman–Crippen MR) is 121 cm³/mol. The van der Waals surface area contributed by atoms with Gasteiger partial charge >= 0.3 is 0 Å². The fourth-order valence-corrected chi connectivity index (χ4v) is 3.98. The minimum absolute atomic E-state index is 0.0542. The van der Waals surface area contributed by atoms with Crippen LogP contribution in [0.1, 0.15) is 33.8 Å². The maximum atomic E-state index is 12.8. The number of nitrogens with zero attached hydrogens (tertiary/aromatic N) is 3. The second-order valence-electron chi connectivity index (χ2n) is 7.87. The molecule has 0 spiro atoms. The van der Waals surface area contributed by atoms with E-state index in [-0.39, 0.29) is 12.3 Å². The third-order valence-corrected chi connectivity index (χ3v) is 5.56. The Bertz CT molecular complexity index is 1260. The van der Waals surface area contributed by atoms with E-state index in [0.29, 0.717) is 0 Å². The number of rotatable bonds is 4. The molecule has 2 aromatic carbocycles. The van der Waals surface area contributed by atoms with Gasteiger partial charge in [0.05, 0.1) is 12.1 Å². The number of carbonyl (C=O) groups excluding carboxylic acids is 1. The summed E-state index contributed by atoms with van der Waals surface area (Å²) in [5.74, 6) is -0.0542. The van der Waals surface area contributed by atoms with E-state index in [1.807, 2.05) is 69.5 Å². The average Bonchev–Trinajstić information content (AvgIpc) is 3.04. The lowest BCUT2D eigenvalue weighted by molar-refractivity contribution is -0.115. The Labute approximate surface area is 176 Å². The summed E-state index contributed by atoms with van der Waals surface area (Å²) < 4.78 is 1.87. The van der Waals surface area contributed by atoms with Gasteiger partial charge in [0.1, 0.15) is 0 Å². The van der Waals surface area contributed by atoms with Crippen LogP contribution in [0.25, 0.3) is 16.8 Å². The molecule has 0 fully saturated rings. The molecule has 0 bridgehead atoms. The standard InChI is InChI=1S/C25H26N4O/c1-15-11-12-22(16(2)13-15)27-23(30)14-21-17(3)26-25-24(20-9-7-6-8-10-20)18(4)28-29(25)19(21)5/h6-13H,14H2,1-5H3,(H,27,30). The maximum Gasteiger partial charge on any atom is 0.228 e. The highest BCUT2D eigenvalue weighted by molar-refractivity contribution is 5.93. The highest BCUT2D eigenvalue weighted by Crippen LogP contribution is 2.29. The van der Waals surface area contributed by atoms with E-state index in [4.69, 9.17) is 10.1 Å². The van der Waals surface area contributed by atoms with Crippen molar-refractivity contribution in [2.24, 2.45) is 0 Å². The normalized spacial score (nSPS) is 11.1. The molecule has 0 aliphatic heterocycles. The van der Waals surface area contributed by atoms with Crippen LogP contribution in [-0.4, -0.2) is 20.5 Å². The van der Waals surface area contributed by atoms with Gasteiger partial charge in [-0.2, -0.15) is 5.10 Å². The molecule has 0 unspecified atom stereocenters. The largest absolute Gasteiger partial charge is 0.326 e. The Morgan fingerprint density at radius 3 is 2.40 bits per heavy atom. The van der Waals surface area contributed by atoms with Crippen molar-refractivity contribution in [2.75, 3.05) is 5.32 Å². The van der Waals surface area contributed by atoms with Crippen LogP contribution in [-0.2, 0) is 11.2 Å². The molecule has 0 aliphatic rings. The maximum absolute atomic E-state index is 12.8. The lowest BCUT2D eigenvalue weighted by Gasteiger charge is -2.13. The number of benzene rings is 2. The van der Waals surface area contributed by atoms with Gasteiger partial charge in [0.2, 0.25) is 5.91 Å². The first-order valence-electron chi connectivity index (χ1n) is 10.1. The zero-order chi connectivity index (χ0) is 21.4. The Kier molecular flexibility index (Phi) is 5.12. The second-order valence-corrected chi connectivity index (χ2v) is 7.87. The first kappa shape index (κ1) is 19.8. The molecule has 0 saturated heterocycles. The van der Waals surface area contributed by atoms with Gasteiger partial charge in [-0.05, 0) is 51.8 Å². The minimum Gasteiger partial charge on any atom is -0.326 e. The Morgan fingerprint density at radius 2 is 1.70 bits per heavy atom. The van der Waals surface area contributed by atoms with Crippen molar-refractivity contribution >= 4 is 17.2 Å². The molecular formula is C25H26N4O. The summed E-state index contributed by atoms with van der Waals surface area (Å²) in [5.41, 5.74) is 9.66. The smallest absolute Gasteiger partial charge is 0.228 e. The van der Waals surface area contributed by atoms with Gasteiger partial charge in [-0.25, -0.2) is 9.50 Å². The SMILES string of the molecule is Cc1ccc(NC(=O)Cc2c(C)nc3c(-c4ccccc4)c(C)nn3c2C)c(C)c1. The number of amides is 1. The van der Waals surface area contributed by atoms with Gasteiger partial charge in [-0.15, -0.1) is 0 Å². The van der Waals surface area contributed by atoms with Crippen LogP contribution in [0.4, 0.5) is 5.69 Å². The van der Waals surface area contributed by atoms with Crippen molar-refractivity contribution in [1.29, 1.82) is 0 Å². The highest BCUT2D eigenvalue weighted by Gasteiger charge is 2.19. The molecule has 0 aliphatic carbocycles. The van der Waals surface area contributed by atoms with Crippen LogP contribution in [0, 0.1) is 34.6 Å². The molecule has 4 rings (SSSR count). The molecule has 1 amide bonds. The monoisotopic (exact) mass is 398 g/mol. The zero-order valence-corrected chi connectivity index (χ0v) is 18.1. The molecule has 0 atom stereocenters. The first-order chi connectivity index (χ1) is 14.3. The quantitative estimate of drug-likeness (QED) is 0.519. The second kappa shape index (κ2) is 7.75. The molecule has 0 radical (unpaired) electrons. The molecule has 152 valence electrons. The Morgan fingerprint density at radius 1 is 0.967 bits per heavy atom. The number of fused-ring (bicyclic) bond motifs is 1. The molecule has 30 heavy (non-hydrogen) atoms. The summed E-state index contributed by atoms with van der Waals surface area (Å²) in [4.78, 5) is 17.6. The third kappa shape index (κ3) is 3.59. The highest BCUT2D eigenvalue weighted by atomic mass is 16.1. The number of nitrogens with one attached hydrogen (secondary N) is 1. The molecule has 2 aromatic heterocycles. The van der Waals surface area contributed by atoms with Crippen LogP contribution in [0.15, 0.2) is 48.5 Å². The molecule has 5 heteroatoms. The van der Waals surface area contributed by atoms with Crippen LogP contribution >= 0.6 is 0 Å². The fourth-order valence-electron chi connectivity index (χ4n) is 3.98. The average molecular weight is 399 g/mol. The zero-order valence-electron chi connectivity index (χ0n) is 18.1. The van der Waals surface area contributed by atoms with Crippen molar-refractivity contribution in [1.82, 2.24) is 14.6 Å². The van der Waals surface area contributed by atoms with Gasteiger partial charge < -0.3 is 5.32 Å². The number of aryl methyl sites for hydroxylation is 5. The van der Waals surface area contributed by atoms with E-state index in [0.717, 1.165) is 50.7 Å². The lowest BCUT2D eigenvalue weighted by atomic mass is 10.0. The fraction of sp³-hybridized carbons (Fsp3) is 0.240. The van der Waals surface area contributed by atoms with Crippen LogP contribution in [0.2, 0.25) is 0 Å². The van der Waals surface area contributed by atoms with Crippen molar-refractivity contribution < 1.29 is 4.79 Å². The number of anilines is 1. The van der Waals surface area contributed by atoms with Crippen LogP contribution in [0.5, 0.6) is 0 Å². The number of hydrogen-bond acceptors (Lipinski definition) is 3. The van der Waals surface area contributed by atoms with E-state index < -0.39 is 0 Å². The lowest BCUT2D eigenvalue weighted by Crippen LogP contribution is -2.18. The van der Waals surface area contributed by atoms with Gasteiger partial charge in [0.25, 0.3) is 0 Å². The van der Waals surface area contributed by atoms with Crippen LogP contribution in [0.3, 0.4) is 0 Å². The molecule has 0 saturated carbocycles. The van der Waals surface area contributed by atoms with Crippen LogP contribution < -0.4 is 5.32 Å².